The number of carbonyl (C=O) groups excluding carboxylic acids is 2. The molecule has 9 heteroatoms. The minimum absolute atomic E-state index is 0.383. The van der Waals surface area contributed by atoms with Crippen molar-refractivity contribution in [3.8, 4) is 0 Å². The number of nitrogens with zero attached hydrogens (tertiary/aromatic N) is 2. The zero-order valence-corrected chi connectivity index (χ0v) is 13.1. The summed E-state index contributed by atoms with van der Waals surface area (Å²) in [5.41, 5.74) is -0.0436. The van der Waals surface area contributed by atoms with Crippen LogP contribution in [-0.2, 0) is 33.5 Å². The van der Waals surface area contributed by atoms with E-state index in [1.807, 2.05) is 30.3 Å². The van der Waals surface area contributed by atoms with Crippen LogP contribution in [0.1, 0.15) is 11.3 Å². The number of amides is 1. The Balaban J connectivity index is 1.67. The third-order valence-corrected chi connectivity index (χ3v) is 3.17. The molecule has 134 valence electrons. The lowest BCUT2D eigenvalue weighted by molar-refractivity contribution is -0.149. The Labute approximate surface area is 141 Å². The fourth-order valence-electron chi connectivity index (χ4n) is 1.97. The van der Waals surface area contributed by atoms with Crippen LogP contribution in [0.2, 0.25) is 0 Å². The van der Waals surface area contributed by atoms with Gasteiger partial charge in [0.25, 0.3) is 5.91 Å². The van der Waals surface area contributed by atoms with Gasteiger partial charge < -0.3 is 10.1 Å². The van der Waals surface area contributed by atoms with Crippen molar-refractivity contribution in [2.45, 2.75) is 19.1 Å². The van der Waals surface area contributed by atoms with Crippen LogP contribution in [0.25, 0.3) is 0 Å². The zero-order chi connectivity index (χ0) is 18.3. The highest BCUT2D eigenvalue weighted by molar-refractivity contribution is 5.80. The Bertz CT molecular complexity index is 714. The smallest absolute Gasteiger partial charge is 0.435 e. The van der Waals surface area contributed by atoms with Gasteiger partial charge in [-0.3, -0.25) is 14.3 Å². The van der Waals surface area contributed by atoms with Crippen molar-refractivity contribution >= 4 is 11.9 Å². The molecule has 0 spiro atoms. The maximum Gasteiger partial charge on any atom is 0.435 e. The number of halogens is 3. The van der Waals surface area contributed by atoms with Gasteiger partial charge in [0.15, 0.2) is 12.3 Å². The molecule has 25 heavy (non-hydrogen) atoms. The standard InChI is InChI=1S/C16H16F3N3O3/c17-16(18,19)13-7-9-22(21-13)10-15(24)25-11-14(23)20-8-6-12-4-2-1-3-5-12/h1-5,7,9H,6,8,10-11H2,(H,20,23). The maximum absolute atomic E-state index is 12.4. The molecule has 0 aliphatic rings. The first-order chi connectivity index (χ1) is 11.8. The number of aromatic nitrogens is 2. The highest BCUT2D eigenvalue weighted by Crippen LogP contribution is 2.27. The van der Waals surface area contributed by atoms with E-state index in [0.717, 1.165) is 22.5 Å². The minimum Gasteiger partial charge on any atom is -0.454 e. The fraction of sp³-hybridized carbons (Fsp3) is 0.312. The minimum atomic E-state index is -4.58. The van der Waals surface area contributed by atoms with Gasteiger partial charge in [0.05, 0.1) is 0 Å². The van der Waals surface area contributed by atoms with E-state index in [2.05, 4.69) is 10.4 Å². The predicted molar refractivity (Wildman–Crippen MR) is 81.3 cm³/mol. The van der Waals surface area contributed by atoms with Crippen molar-refractivity contribution < 1.29 is 27.5 Å². The predicted octanol–water partition coefficient (Wildman–Crippen LogP) is 1.80. The van der Waals surface area contributed by atoms with Crippen LogP contribution in [-0.4, -0.2) is 34.8 Å². The summed E-state index contributed by atoms with van der Waals surface area (Å²) in [6.07, 6.45) is -2.92. The Morgan fingerprint density at radius 1 is 1.16 bits per heavy atom. The molecule has 0 saturated heterocycles. The number of carbonyl (C=O) groups is 2. The van der Waals surface area contributed by atoms with Crippen molar-refractivity contribution in [1.29, 1.82) is 0 Å². The summed E-state index contributed by atoms with van der Waals surface area (Å²) in [5, 5.41) is 5.81. The number of ether oxygens (including phenoxy) is 1. The lowest BCUT2D eigenvalue weighted by Crippen LogP contribution is -2.31. The maximum atomic E-state index is 12.4. The summed E-state index contributed by atoms with van der Waals surface area (Å²) in [5.74, 6) is -1.34. The second kappa shape index (κ2) is 8.32. The molecule has 0 fully saturated rings. The van der Waals surface area contributed by atoms with Gasteiger partial charge in [-0.05, 0) is 18.1 Å². The zero-order valence-electron chi connectivity index (χ0n) is 13.1. The van der Waals surface area contributed by atoms with Crippen LogP contribution in [0.15, 0.2) is 42.6 Å². The molecule has 0 unspecified atom stereocenters. The summed E-state index contributed by atoms with van der Waals surface area (Å²) in [7, 11) is 0. The van der Waals surface area contributed by atoms with E-state index in [-0.39, 0.29) is 0 Å². The molecule has 6 nitrogen and oxygen atoms in total. The highest BCUT2D eigenvalue weighted by atomic mass is 19.4. The molecular formula is C16H16F3N3O3. The van der Waals surface area contributed by atoms with Crippen molar-refractivity contribution in [3.63, 3.8) is 0 Å². The Morgan fingerprint density at radius 2 is 1.88 bits per heavy atom. The highest BCUT2D eigenvalue weighted by Gasteiger charge is 2.33. The Kier molecular flexibility index (Phi) is 6.15. The van der Waals surface area contributed by atoms with Gasteiger partial charge >= 0.3 is 12.1 Å². The van der Waals surface area contributed by atoms with Crippen LogP contribution in [0.4, 0.5) is 13.2 Å². The van der Waals surface area contributed by atoms with Gasteiger partial charge in [-0.2, -0.15) is 18.3 Å². The van der Waals surface area contributed by atoms with Crippen molar-refractivity contribution in [2.75, 3.05) is 13.2 Å². The molecule has 1 aromatic carbocycles. The third-order valence-electron chi connectivity index (χ3n) is 3.17. The molecule has 2 aromatic rings. The molecule has 1 aromatic heterocycles. The second-order valence-corrected chi connectivity index (χ2v) is 5.14. The molecule has 0 atom stereocenters. The molecule has 0 aliphatic heterocycles. The molecule has 0 bridgehead atoms. The molecule has 0 saturated carbocycles. The number of alkyl halides is 3. The van der Waals surface area contributed by atoms with E-state index < -0.39 is 36.9 Å². The first-order valence-electron chi connectivity index (χ1n) is 7.41. The number of nitrogens with one attached hydrogen (secondary N) is 1. The summed E-state index contributed by atoms with van der Waals surface area (Å²) >= 11 is 0. The van der Waals surface area contributed by atoms with Crippen molar-refractivity contribution in [1.82, 2.24) is 15.1 Å². The molecule has 2 rings (SSSR count). The largest absolute Gasteiger partial charge is 0.454 e. The number of rotatable bonds is 7. The number of hydrogen-bond acceptors (Lipinski definition) is 4. The topological polar surface area (TPSA) is 73.2 Å². The van der Waals surface area contributed by atoms with Gasteiger partial charge in [0.2, 0.25) is 0 Å². The van der Waals surface area contributed by atoms with E-state index in [1.54, 1.807) is 0 Å². The summed E-state index contributed by atoms with van der Waals surface area (Å²) in [4.78, 5) is 23.1. The Hall–Kier alpha value is -2.84. The number of benzene rings is 1. The van der Waals surface area contributed by atoms with Gasteiger partial charge in [-0.25, -0.2) is 0 Å². The lowest BCUT2D eigenvalue weighted by Gasteiger charge is -2.07. The molecule has 1 amide bonds. The fourth-order valence-corrected chi connectivity index (χ4v) is 1.97. The first-order valence-corrected chi connectivity index (χ1v) is 7.41. The van der Waals surface area contributed by atoms with E-state index in [0.29, 0.717) is 13.0 Å². The van der Waals surface area contributed by atoms with E-state index in [1.165, 1.54) is 0 Å². The SMILES string of the molecule is O=C(COC(=O)Cn1ccc(C(F)(F)F)n1)NCCc1ccccc1. The van der Waals surface area contributed by atoms with Gasteiger partial charge in [-0.15, -0.1) is 0 Å². The van der Waals surface area contributed by atoms with Crippen LogP contribution < -0.4 is 5.32 Å². The van der Waals surface area contributed by atoms with Gasteiger partial charge in [0.1, 0.15) is 6.54 Å². The van der Waals surface area contributed by atoms with E-state index in [4.69, 9.17) is 4.74 Å². The van der Waals surface area contributed by atoms with Gasteiger partial charge in [-0.1, -0.05) is 30.3 Å². The molecule has 1 heterocycles. The van der Waals surface area contributed by atoms with E-state index >= 15 is 0 Å². The first kappa shape index (κ1) is 18.5. The lowest BCUT2D eigenvalue weighted by atomic mass is 10.1. The average Bonchev–Trinajstić information content (AvgIpc) is 3.03. The van der Waals surface area contributed by atoms with Crippen LogP contribution >= 0.6 is 0 Å². The number of esters is 1. The summed E-state index contributed by atoms with van der Waals surface area (Å²) < 4.78 is 42.7. The molecule has 0 radical (unpaired) electrons. The average molecular weight is 355 g/mol. The number of hydrogen-bond donors (Lipinski definition) is 1. The molecular weight excluding hydrogens is 339 g/mol. The second-order valence-electron chi connectivity index (χ2n) is 5.14. The Morgan fingerprint density at radius 3 is 2.52 bits per heavy atom. The molecule has 0 aliphatic carbocycles. The van der Waals surface area contributed by atoms with Crippen molar-refractivity contribution in [3.05, 3.63) is 53.9 Å². The monoisotopic (exact) mass is 355 g/mol. The van der Waals surface area contributed by atoms with E-state index in [9.17, 15) is 22.8 Å². The van der Waals surface area contributed by atoms with Crippen LogP contribution in [0.5, 0.6) is 0 Å². The quantitative estimate of drug-likeness (QED) is 0.769. The normalized spacial score (nSPS) is 11.2. The summed E-state index contributed by atoms with van der Waals surface area (Å²) in [6.45, 7) is -0.622. The van der Waals surface area contributed by atoms with Crippen LogP contribution in [0.3, 0.4) is 0 Å². The summed E-state index contributed by atoms with van der Waals surface area (Å²) in [6, 6.07) is 10.3. The van der Waals surface area contributed by atoms with Gasteiger partial charge in [0, 0.05) is 12.7 Å². The third kappa shape index (κ3) is 6.28. The van der Waals surface area contributed by atoms with Crippen LogP contribution in [0, 0.1) is 0 Å². The van der Waals surface area contributed by atoms with Crippen molar-refractivity contribution in [2.24, 2.45) is 0 Å². The molecule has 1 N–H and O–H groups in total.